The van der Waals surface area contributed by atoms with Crippen LogP contribution in [0.15, 0.2) is 54.6 Å². The van der Waals surface area contributed by atoms with Crippen molar-refractivity contribution in [3.63, 3.8) is 0 Å². The van der Waals surface area contributed by atoms with Gasteiger partial charge >= 0.3 is 0 Å². The topological polar surface area (TPSA) is 93.2 Å². The number of rotatable bonds is 2. The highest BCUT2D eigenvalue weighted by Gasteiger charge is 2.50. The number of nitrogen functional groups attached to an aromatic ring is 1. The Bertz CT molecular complexity index is 949. The predicted octanol–water partition coefficient (Wildman–Crippen LogP) is 1.95. The van der Waals surface area contributed by atoms with E-state index in [0.717, 1.165) is 5.69 Å². The van der Waals surface area contributed by atoms with Gasteiger partial charge in [0, 0.05) is 11.3 Å². The Balaban J connectivity index is 1.95. The average Bonchev–Trinajstić information content (AvgIpc) is 3.03. The molecule has 1 amide bonds. The Morgan fingerprint density at radius 2 is 1.79 bits per heavy atom. The minimum absolute atomic E-state index is 0.244. The van der Waals surface area contributed by atoms with Gasteiger partial charge in [0.05, 0.1) is 16.9 Å². The molecule has 6 nitrogen and oxygen atoms in total. The number of carbonyl (C=O) groups is 1. The van der Waals surface area contributed by atoms with E-state index in [4.69, 9.17) is 5.73 Å². The first-order chi connectivity index (χ1) is 11.5. The molecule has 1 aliphatic heterocycles. The molecule has 0 saturated carbocycles. The first kappa shape index (κ1) is 14.5. The van der Waals surface area contributed by atoms with Gasteiger partial charge in [-0.05, 0) is 25.1 Å². The highest BCUT2D eigenvalue weighted by Crippen LogP contribution is 2.44. The lowest BCUT2D eigenvalue weighted by molar-refractivity contribution is -0.129. The molecule has 1 aromatic heterocycles. The number of nitrogens with one attached hydrogen (secondary N) is 1. The molecule has 6 heteroatoms. The van der Waals surface area contributed by atoms with Gasteiger partial charge in [-0.1, -0.05) is 36.4 Å². The third-order valence-electron chi connectivity index (χ3n) is 4.35. The van der Waals surface area contributed by atoms with E-state index in [1.807, 2.05) is 30.3 Å². The van der Waals surface area contributed by atoms with Gasteiger partial charge in [0.1, 0.15) is 5.82 Å². The van der Waals surface area contributed by atoms with Crippen molar-refractivity contribution in [3.8, 4) is 5.69 Å². The van der Waals surface area contributed by atoms with Gasteiger partial charge in [-0.15, -0.1) is 0 Å². The number of nitrogens with zero attached hydrogens (tertiary/aromatic N) is 2. The van der Waals surface area contributed by atoms with Crippen LogP contribution in [0.2, 0.25) is 0 Å². The number of fused-ring (bicyclic) bond motifs is 1. The Morgan fingerprint density at radius 1 is 1.12 bits per heavy atom. The number of aryl methyl sites for hydroxylation is 1. The summed E-state index contributed by atoms with van der Waals surface area (Å²) in [6, 6.07) is 16.4. The summed E-state index contributed by atoms with van der Waals surface area (Å²) in [5.41, 5.74) is 7.08. The normalized spacial score (nSPS) is 19.2. The maximum Gasteiger partial charge on any atom is 0.266 e. The lowest BCUT2D eigenvalue weighted by Crippen LogP contribution is -2.36. The molecule has 0 saturated heterocycles. The molecule has 120 valence electrons. The Hall–Kier alpha value is -3.12. The molecule has 2 aromatic carbocycles. The van der Waals surface area contributed by atoms with E-state index in [1.165, 1.54) is 4.68 Å². The number of hydrogen-bond donors (Lipinski definition) is 3. The average molecular weight is 320 g/mol. The summed E-state index contributed by atoms with van der Waals surface area (Å²) in [4.78, 5) is 12.5. The smallest absolute Gasteiger partial charge is 0.266 e. The van der Waals surface area contributed by atoms with Crippen LogP contribution in [0.1, 0.15) is 16.8 Å². The molecule has 1 aliphatic rings. The van der Waals surface area contributed by atoms with Crippen LogP contribution in [0.5, 0.6) is 0 Å². The lowest BCUT2D eigenvalue weighted by Gasteiger charge is -2.21. The molecule has 0 bridgehead atoms. The van der Waals surface area contributed by atoms with E-state index >= 15 is 0 Å². The van der Waals surface area contributed by atoms with Gasteiger partial charge in [-0.2, -0.15) is 5.10 Å². The van der Waals surface area contributed by atoms with Crippen molar-refractivity contribution in [2.45, 2.75) is 12.5 Å². The van der Waals surface area contributed by atoms with E-state index in [0.29, 0.717) is 22.5 Å². The molecular weight excluding hydrogens is 304 g/mol. The fourth-order valence-corrected chi connectivity index (χ4v) is 3.25. The third kappa shape index (κ3) is 1.80. The van der Waals surface area contributed by atoms with Crippen LogP contribution in [-0.4, -0.2) is 20.8 Å². The SMILES string of the molecule is Cc1nn(-c2ccccc2)c(N)c1[C@]1(O)C(=O)Nc2ccccc21. The van der Waals surface area contributed by atoms with E-state index in [9.17, 15) is 9.90 Å². The second kappa shape index (κ2) is 4.94. The summed E-state index contributed by atoms with van der Waals surface area (Å²) in [6.45, 7) is 1.73. The minimum Gasteiger partial charge on any atom is -0.383 e. The number of carbonyl (C=O) groups excluding carboxylic acids is 1. The molecule has 24 heavy (non-hydrogen) atoms. The quantitative estimate of drug-likeness (QED) is 0.673. The van der Waals surface area contributed by atoms with Crippen LogP contribution >= 0.6 is 0 Å². The monoisotopic (exact) mass is 320 g/mol. The first-order valence-corrected chi connectivity index (χ1v) is 7.58. The van der Waals surface area contributed by atoms with Crippen molar-refractivity contribution >= 4 is 17.4 Å². The fraction of sp³-hybridized carbons (Fsp3) is 0.111. The van der Waals surface area contributed by atoms with Crippen molar-refractivity contribution < 1.29 is 9.90 Å². The van der Waals surface area contributed by atoms with Crippen molar-refractivity contribution in [1.29, 1.82) is 0 Å². The van der Waals surface area contributed by atoms with Gasteiger partial charge in [0.15, 0.2) is 0 Å². The molecule has 4 N–H and O–H groups in total. The number of anilines is 2. The van der Waals surface area contributed by atoms with Crippen LogP contribution < -0.4 is 11.1 Å². The molecule has 0 spiro atoms. The molecule has 2 heterocycles. The van der Waals surface area contributed by atoms with Crippen molar-refractivity contribution in [2.75, 3.05) is 11.1 Å². The summed E-state index contributed by atoms with van der Waals surface area (Å²) < 4.78 is 1.54. The van der Waals surface area contributed by atoms with Gasteiger partial charge in [0.25, 0.3) is 5.91 Å². The maximum absolute atomic E-state index is 12.5. The number of para-hydroxylation sites is 2. The second-order valence-electron chi connectivity index (χ2n) is 5.80. The molecule has 0 fully saturated rings. The molecule has 0 aliphatic carbocycles. The Morgan fingerprint density at radius 3 is 2.54 bits per heavy atom. The third-order valence-corrected chi connectivity index (χ3v) is 4.35. The van der Waals surface area contributed by atoms with Crippen LogP contribution in [0.25, 0.3) is 5.69 Å². The number of aliphatic hydroxyl groups is 1. The van der Waals surface area contributed by atoms with Crippen molar-refractivity contribution in [3.05, 3.63) is 71.4 Å². The van der Waals surface area contributed by atoms with Gasteiger partial charge in [0.2, 0.25) is 5.60 Å². The highest BCUT2D eigenvalue weighted by molar-refractivity contribution is 6.08. The van der Waals surface area contributed by atoms with E-state index in [2.05, 4.69) is 10.4 Å². The van der Waals surface area contributed by atoms with E-state index in [-0.39, 0.29) is 5.82 Å². The zero-order chi connectivity index (χ0) is 16.9. The minimum atomic E-state index is -1.85. The fourth-order valence-electron chi connectivity index (χ4n) is 3.25. The number of aromatic nitrogens is 2. The number of nitrogens with two attached hydrogens (primary N) is 1. The highest BCUT2D eigenvalue weighted by atomic mass is 16.3. The van der Waals surface area contributed by atoms with Crippen LogP contribution in [-0.2, 0) is 10.4 Å². The lowest BCUT2D eigenvalue weighted by atomic mass is 9.87. The number of hydrogen-bond acceptors (Lipinski definition) is 4. The Labute approximate surface area is 138 Å². The van der Waals surface area contributed by atoms with Crippen molar-refractivity contribution in [1.82, 2.24) is 9.78 Å². The first-order valence-electron chi connectivity index (χ1n) is 7.58. The summed E-state index contributed by atoms with van der Waals surface area (Å²) >= 11 is 0. The Kier molecular flexibility index (Phi) is 2.98. The summed E-state index contributed by atoms with van der Waals surface area (Å²) in [6.07, 6.45) is 0. The summed E-state index contributed by atoms with van der Waals surface area (Å²) in [5, 5.41) is 18.4. The zero-order valence-electron chi connectivity index (χ0n) is 13.0. The molecule has 0 unspecified atom stereocenters. The van der Waals surface area contributed by atoms with Crippen LogP contribution in [0.4, 0.5) is 11.5 Å². The number of amides is 1. The summed E-state index contributed by atoms with van der Waals surface area (Å²) in [7, 11) is 0. The van der Waals surface area contributed by atoms with E-state index < -0.39 is 11.5 Å². The molecule has 3 aromatic rings. The maximum atomic E-state index is 12.5. The zero-order valence-corrected chi connectivity index (χ0v) is 13.0. The molecule has 1 atom stereocenters. The van der Waals surface area contributed by atoms with Gasteiger partial charge in [-0.25, -0.2) is 4.68 Å². The van der Waals surface area contributed by atoms with Gasteiger partial charge in [-0.3, -0.25) is 4.79 Å². The van der Waals surface area contributed by atoms with Crippen LogP contribution in [0.3, 0.4) is 0 Å². The van der Waals surface area contributed by atoms with E-state index in [1.54, 1.807) is 31.2 Å². The standard InChI is InChI=1S/C18H16N4O2/c1-11-15(16(19)22(21-11)12-7-3-2-4-8-12)18(24)13-9-5-6-10-14(13)20-17(18)23/h2-10,24H,19H2,1H3,(H,20,23)/t18-/m0/s1. The van der Waals surface area contributed by atoms with Crippen molar-refractivity contribution in [2.24, 2.45) is 0 Å². The number of benzene rings is 2. The predicted molar refractivity (Wildman–Crippen MR) is 90.8 cm³/mol. The molecule has 0 radical (unpaired) electrons. The molecule has 4 rings (SSSR count). The molecular formula is C18H16N4O2. The van der Waals surface area contributed by atoms with Crippen LogP contribution in [0, 0.1) is 6.92 Å². The second-order valence-corrected chi connectivity index (χ2v) is 5.80. The van der Waals surface area contributed by atoms with Gasteiger partial charge < -0.3 is 16.2 Å². The summed E-state index contributed by atoms with van der Waals surface area (Å²) in [5.74, 6) is -0.279. The largest absolute Gasteiger partial charge is 0.383 e.